The lowest BCUT2D eigenvalue weighted by molar-refractivity contribution is -0.133. The maximum Gasteiger partial charge on any atom is 0.245 e. The van der Waals surface area contributed by atoms with Gasteiger partial charge in [0.15, 0.2) is 5.82 Å². The number of aromatic amines is 1. The molecule has 0 aliphatic carbocycles. The molecular formula is C17H19N5O3. The maximum absolute atomic E-state index is 12.2. The van der Waals surface area contributed by atoms with Crippen LogP contribution < -0.4 is 5.32 Å². The van der Waals surface area contributed by atoms with Gasteiger partial charge in [-0.2, -0.15) is 0 Å². The summed E-state index contributed by atoms with van der Waals surface area (Å²) in [5.41, 5.74) is 1.82. The Labute approximate surface area is 144 Å². The molecule has 1 aromatic carbocycles. The number of carbonyl (C=O) groups is 2. The summed E-state index contributed by atoms with van der Waals surface area (Å²) in [5.74, 6) is 1.24. The van der Waals surface area contributed by atoms with Gasteiger partial charge in [-0.05, 0) is 19.1 Å². The van der Waals surface area contributed by atoms with E-state index in [-0.39, 0.29) is 24.8 Å². The zero-order valence-electron chi connectivity index (χ0n) is 14.1. The van der Waals surface area contributed by atoms with Crippen molar-refractivity contribution in [2.45, 2.75) is 19.8 Å². The molecule has 8 heteroatoms. The van der Waals surface area contributed by atoms with Crippen molar-refractivity contribution in [1.29, 1.82) is 0 Å². The molecule has 0 unspecified atom stereocenters. The van der Waals surface area contributed by atoms with Gasteiger partial charge in [0.2, 0.25) is 11.8 Å². The number of fused-ring (bicyclic) bond motifs is 1. The minimum atomic E-state index is -0.326. The van der Waals surface area contributed by atoms with E-state index in [1.807, 2.05) is 24.3 Å². The van der Waals surface area contributed by atoms with Crippen LogP contribution >= 0.6 is 0 Å². The van der Waals surface area contributed by atoms with Gasteiger partial charge in [-0.1, -0.05) is 17.3 Å². The number of hydrogen-bond donors (Lipinski definition) is 2. The van der Waals surface area contributed by atoms with Crippen LogP contribution in [-0.2, 0) is 16.0 Å². The van der Waals surface area contributed by atoms with E-state index in [0.717, 1.165) is 16.9 Å². The van der Waals surface area contributed by atoms with Gasteiger partial charge in [-0.3, -0.25) is 9.59 Å². The average molecular weight is 341 g/mol. The first kappa shape index (κ1) is 16.7. The van der Waals surface area contributed by atoms with Gasteiger partial charge >= 0.3 is 0 Å². The molecule has 8 nitrogen and oxygen atoms in total. The number of anilines is 1. The van der Waals surface area contributed by atoms with E-state index in [0.29, 0.717) is 18.0 Å². The fraction of sp³-hybridized carbons (Fsp3) is 0.294. The fourth-order valence-corrected chi connectivity index (χ4v) is 2.45. The largest absolute Gasteiger partial charge is 0.360 e. The Hall–Kier alpha value is -3.16. The van der Waals surface area contributed by atoms with Crippen LogP contribution in [0.5, 0.6) is 0 Å². The van der Waals surface area contributed by atoms with Crippen LogP contribution in [0.1, 0.15) is 18.0 Å². The van der Waals surface area contributed by atoms with Gasteiger partial charge in [-0.25, -0.2) is 4.98 Å². The highest BCUT2D eigenvalue weighted by Gasteiger charge is 2.15. The number of carbonyl (C=O) groups excluding carboxylic acids is 2. The Bertz CT molecular complexity index is 865. The van der Waals surface area contributed by atoms with E-state index >= 15 is 0 Å². The first-order valence-electron chi connectivity index (χ1n) is 7.92. The molecular weight excluding hydrogens is 322 g/mol. The number of amides is 2. The normalized spacial score (nSPS) is 10.8. The van der Waals surface area contributed by atoms with Crippen molar-refractivity contribution in [2.75, 3.05) is 18.9 Å². The first-order valence-corrected chi connectivity index (χ1v) is 7.92. The molecule has 3 rings (SSSR count). The minimum Gasteiger partial charge on any atom is -0.360 e. The first-order chi connectivity index (χ1) is 12.0. The summed E-state index contributed by atoms with van der Waals surface area (Å²) < 4.78 is 4.87. The van der Waals surface area contributed by atoms with Crippen molar-refractivity contribution < 1.29 is 14.1 Å². The van der Waals surface area contributed by atoms with Gasteiger partial charge in [-0.15, -0.1) is 0 Å². The zero-order valence-corrected chi connectivity index (χ0v) is 14.1. The number of aryl methyl sites for hydroxylation is 2. The molecule has 25 heavy (non-hydrogen) atoms. The number of nitrogens with one attached hydrogen (secondary N) is 2. The topological polar surface area (TPSA) is 104 Å². The summed E-state index contributed by atoms with van der Waals surface area (Å²) in [6, 6.07) is 9.31. The van der Waals surface area contributed by atoms with Crippen molar-refractivity contribution in [3.8, 4) is 0 Å². The maximum atomic E-state index is 12.2. The van der Waals surface area contributed by atoms with Crippen molar-refractivity contribution in [1.82, 2.24) is 20.0 Å². The number of hydrogen-bond acceptors (Lipinski definition) is 5. The number of imidazole rings is 1. The summed E-state index contributed by atoms with van der Waals surface area (Å²) in [6.45, 7) is 1.68. The lowest BCUT2D eigenvalue weighted by atomic mass is 10.2. The van der Waals surface area contributed by atoms with E-state index < -0.39 is 0 Å². The molecule has 130 valence electrons. The number of nitrogens with zero attached hydrogens (tertiary/aromatic N) is 3. The van der Waals surface area contributed by atoms with E-state index in [2.05, 4.69) is 20.4 Å². The van der Waals surface area contributed by atoms with Gasteiger partial charge in [0.05, 0.1) is 17.6 Å². The third-order valence-corrected chi connectivity index (χ3v) is 3.72. The lowest BCUT2D eigenvalue weighted by Crippen LogP contribution is -2.35. The molecule has 2 aromatic heterocycles. The van der Waals surface area contributed by atoms with E-state index in [9.17, 15) is 9.59 Å². The molecule has 2 heterocycles. The number of aromatic nitrogens is 3. The second-order valence-electron chi connectivity index (χ2n) is 5.82. The number of H-pyrrole nitrogens is 1. The monoisotopic (exact) mass is 341 g/mol. The molecule has 0 saturated carbocycles. The van der Waals surface area contributed by atoms with Crippen LogP contribution in [0.3, 0.4) is 0 Å². The van der Waals surface area contributed by atoms with Gasteiger partial charge < -0.3 is 19.7 Å². The Morgan fingerprint density at radius 3 is 2.84 bits per heavy atom. The Morgan fingerprint density at radius 2 is 2.12 bits per heavy atom. The zero-order chi connectivity index (χ0) is 17.8. The molecule has 3 aromatic rings. The summed E-state index contributed by atoms with van der Waals surface area (Å²) in [7, 11) is 1.59. The molecule has 2 N–H and O–H groups in total. The molecule has 0 spiro atoms. The van der Waals surface area contributed by atoms with E-state index in [1.54, 1.807) is 20.0 Å². The predicted molar refractivity (Wildman–Crippen MR) is 91.9 cm³/mol. The highest BCUT2D eigenvalue weighted by Crippen LogP contribution is 2.12. The predicted octanol–water partition coefficient (Wildman–Crippen LogP) is 1.89. The minimum absolute atomic E-state index is 0.0507. The van der Waals surface area contributed by atoms with Crippen molar-refractivity contribution in [3.05, 3.63) is 41.9 Å². The van der Waals surface area contributed by atoms with Crippen molar-refractivity contribution >= 4 is 28.7 Å². The Balaban J connectivity index is 1.49. The molecule has 0 radical (unpaired) electrons. The van der Waals surface area contributed by atoms with Crippen LogP contribution in [0.2, 0.25) is 0 Å². The third-order valence-electron chi connectivity index (χ3n) is 3.72. The second-order valence-corrected chi connectivity index (χ2v) is 5.82. The summed E-state index contributed by atoms with van der Waals surface area (Å²) in [6.07, 6.45) is 0.759. The summed E-state index contributed by atoms with van der Waals surface area (Å²) in [4.78, 5) is 33.1. The van der Waals surface area contributed by atoms with Gasteiger partial charge in [0.25, 0.3) is 0 Å². The van der Waals surface area contributed by atoms with Crippen LogP contribution in [0.25, 0.3) is 11.0 Å². The average Bonchev–Trinajstić information content (AvgIpc) is 3.17. The Kier molecular flexibility index (Phi) is 4.78. The quantitative estimate of drug-likeness (QED) is 0.712. The van der Waals surface area contributed by atoms with Gasteiger partial charge in [0, 0.05) is 26.0 Å². The number of likely N-dealkylation sites (N-methyl/N-ethyl adjacent to an activating group) is 1. The van der Waals surface area contributed by atoms with Crippen LogP contribution in [0.15, 0.2) is 34.9 Å². The van der Waals surface area contributed by atoms with E-state index in [4.69, 9.17) is 4.52 Å². The number of para-hydroxylation sites is 2. The second kappa shape index (κ2) is 7.16. The smallest absolute Gasteiger partial charge is 0.245 e. The molecule has 2 amide bonds. The molecule has 0 fully saturated rings. The molecule has 0 saturated heterocycles. The molecule has 0 aliphatic heterocycles. The van der Waals surface area contributed by atoms with E-state index in [1.165, 1.54) is 4.90 Å². The molecule has 0 aliphatic rings. The third kappa shape index (κ3) is 4.23. The molecule has 0 bridgehead atoms. The standard InChI is InChI=1S/C17H19N5O3/c1-11-9-15(21-25-11)20-16(23)10-22(2)17(24)8-7-14-18-12-5-3-4-6-13(12)19-14/h3-6,9H,7-8,10H2,1-2H3,(H,18,19)(H,20,21,23). The summed E-state index contributed by atoms with van der Waals surface area (Å²) in [5, 5.41) is 6.27. The highest BCUT2D eigenvalue weighted by molar-refractivity contribution is 5.93. The van der Waals surface area contributed by atoms with Gasteiger partial charge in [0.1, 0.15) is 11.6 Å². The van der Waals surface area contributed by atoms with Crippen molar-refractivity contribution in [3.63, 3.8) is 0 Å². The number of rotatable bonds is 6. The Morgan fingerprint density at radius 1 is 1.32 bits per heavy atom. The summed E-state index contributed by atoms with van der Waals surface area (Å²) >= 11 is 0. The fourth-order valence-electron chi connectivity index (χ4n) is 2.45. The van der Waals surface area contributed by atoms with Crippen LogP contribution in [0, 0.1) is 6.92 Å². The molecule has 0 atom stereocenters. The lowest BCUT2D eigenvalue weighted by Gasteiger charge is -2.15. The SMILES string of the molecule is Cc1cc(NC(=O)CN(C)C(=O)CCc2nc3ccccc3[nH]2)no1. The van der Waals surface area contributed by atoms with Crippen LogP contribution in [0.4, 0.5) is 5.82 Å². The van der Waals surface area contributed by atoms with Crippen LogP contribution in [-0.4, -0.2) is 45.4 Å². The number of benzene rings is 1. The highest BCUT2D eigenvalue weighted by atomic mass is 16.5. The van der Waals surface area contributed by atoms with Crippen molar-refractivity contribution in [2.24, 2.45) is 0 Å².